The topological polar surface area (TPSA) is 49.3 Å². The van der Waals surface area contributed by atoms with Crippen molar-refractivity contribution in [3.05, 3.63) is 0 Å². The van der Waals surface area contributed by atoms with Crippen molar-refractivity contribution in [2.45, 2.75) is 69.9 Å². The Hall–Kier alpha value is -0.570. The summed E-state index contributed by atoms with van der Waals surface area (Å²) in [4.78, 5) is 11.3. The Morgan fingerprint density at radius 1 is 1.31 bits per heavy atom. The molecule has 2 unspecified atom stereocenters. The molecule has 2 aliphatic rings. The first-order chi connectivity index (χ1) is 7.68. The van der Waals surface area contributed by atoms with Gasteiger partial charge in [-0.3, -0.25) is 10.1 Å². The van der Waals surface area contributed by atoms with Gasteiger partial charge in [0.1, 0.15) is 5.54 Å². The summed E-state index contributed by atoms with van der Waals surface area (Å²) >= 11 is 0. The van der Waals surface area contributed by atoms with E-state index in [4.69, 9.17) is 0 Å². The summed E-state index contributed by atoms with van der Waals surface area (Å²) < 4.78 is 0. The van der Waals surface area contributed by atoms with E-state index < -0.39 is 11.5 Å². The maximum absolute atomic E-state index is 11.3. The number of nitrogens with one attached hydrogen (secondary N) is 1. The fraction of sp³-hybridized carbons (Fsp3) is 0.923. The van der Waals surface area contributed by atoms with Gasteiger partial charge in [-0.25, -0.2) is 0 Å². The largest absolute Gasteiger partial charge is 0.480 e. The summed E-state index contributed by atoms with van der Waals surface area (Å²) in [7, 11) is 0. The van der Waals surface area contributed by atoms with Crippen LogP contribution in [0.2, 0.25) is 0 Å². The molecule has 0 aromatic heterocycles. The summed E-state index contributed by atoms with van der Waals surface area (Å²) in [6.07, 6.45) is 8.86. The molecule has 2 atom stereocenters. The SMILES string of the molecule is CCC1CCCCC1NC1(C(=O)O)CCC1. The first-order valence-corrected chi connectivity index (χ1v) is 6.69. The van der Waals surface area contributed by atoms with Crippen LogP contribution < -0.4 is 5.32 Å². The van der Waals surface area contributed by atoms with Crippen molar-refractivity contribution in [3.8, 4) is 0 Å². The van der Waals surface area contributed by atoms with Crippen LogP contribution in [-0.4, -0.2) is 22.7 Å². The number of hydrogen-bond acceptors (Lipinski definition) is 2. The first kappa shape index (κ1) is 11.9. The first-order valence-electron chi connectivity index (χ1n) is 6.69. The fourth-order valence-corrected chi connectivity index (χ4v) is 3.19. The molecule has 2 rings (SSSR count). The van der Waals surface area contributed by atoms with Crippen LogP contribution in [-0.2, 0) is 4.79 Å². The molecule has 0 saturated heterocycles. The summed E-state index contributed by atoms with van der Waals surface area (Å²) in [6, 6.07) is 0.440. The van der Waals surface area contributed by atoms with Crippen LogP contribution in [0, 0.1) is 5.92 Å². The minimum absolute atomic E-state index is 0.440. The van der Waals surface area contributed by atoms with Crippen LogP contribution in [0.4, 0.5) is 0 Å². The molecular formula is C13H23NO2. The summed E-state index contributed by atoms with van der Waals surface area (Å²) in [6.45, 7) is 2.22. The summed E-state index contributed by atoms with van der Waals surface area (Å²) in [5, 5.41) is 12.8. The van der Waals surface area contributed by atoms with Crippen molar-refractivity contribution in [1.82, 2.24) is 5.32 Å². The highest BCUT2D eigenvalue weighted by Gasteiger charge is 2.46. The molecule has 0 amide bonds. The van der Waals surface area contributed by atoms with E-state index in [1.165, 1.54) is 25.7 Å². The summed E-state index contributed by atoms with van der Waals surface area (Å²) in [5.41, 5.74) is -0.574. The molecule has 0 aromatic rings. The third kappa shape index (κ3) is 2.10. The lowest BCUT2D eigenvalue weighted by Gasteiger charge is -2.44. The lowest BCUT2D eigenvalue weighted by atomic mass is 9.73. The standard InChI is InChI=1S/C13H23NO2/c1-2-10-6-3-4-7-11(10)14-13(12(15)16)8-5-9-13/h10-11,14H,2-9H2,1H3,(H,15,16). The molecule has 92 valence electrons. The quantitative estimate of drug-likeness (QED) is 0.773. The van der Waals surface area contributed by atoms with Gasteiger partial charge in [-0.2, -0.15) is 0 Å². The predicted octanol–water partition coefficient (Wildman–Crippen LogP) is 2.55. The van der Waals surface area contributed by atoms with E-state index in [1.54, 1.807) is 0 Å². The molecule has 16 heavy (non-hydrogen) atoms. The van der Waals surface area contributed by atoms with Gasteiger partial charge in [-0.05, 0) is 38.0 Å². The molecule has 0 radical (unpaired) electrons. The molecular weight excluding hydrogens is 202 g/mol. The lowest BCUT2D eigenvalue weighted by molar-refractivity contribution is -0.149. The summed E-state index contributed by atoms with van der Waals surface area (Å²) in [5.74, 6) is 0.0461. The maximum atomic E-state index is 11.3. The Balaban J connectivity index is 1.98. The van der Waals surface area contributed by atoms with Crippen molar-refractivity contribution in [2.24, 2.45) is 5.92 Å². The minimum atomic E-state index is -0.640. The number of aliphatic carboxylic acids is 1. The molecule has 2 aliphatic carbocycles. The molecule has 0 bridgehead atoms. The molecule has 0 spiro atoms. The minimum Gasteiger partial charge on any atom is -0.480 e. The second kappa shape index (κ2) is 4.74. The van der Waals surface area contributed by atoms with E-state index >= 15 is 0 Å². The van der Waals surface area contributed by atoms with Crippen molar-refractivity contribution in [2.75, 3.05) is 0 Å². The van der Waals surface area contributed by atoms with Gasteiger partial charge in [-0.1, -0.05) is 26.2 Å². The van der Waals surface area contributed by atoms with Crippen molar-refractivity contribution < 1.29 is 9.90 Å². The molecule has 2 saturated carbocycles. The van der Waals surface area contributed by atoms with Crippen LogP contribution in [0.1, 0.15) is 58.3 Å². The van der Waals surface area contributed by atoms with Gasteiger partial charge < -0.3 is 5.11 Å². The van der Waals surface area contributed by atoms with Crippen LogP contribution in [0.5, 0.6) is 0 Å². The smallest absolute Gasteiger partial charge is 0.323 e. The fourth-order valence-electron chi connectivity index (χ4n) is 3.19. The molecule has 3 nitrogen and oxygen atoms in total. The Kier molecular flexibility index (Phi) is 3.53. The number of carbonyl (C=O) groups is 1. The molecule has 0 heterocycles. The Labute approximate surface area is 97.6 Å². The van der Waals surface area contributed by atoms with Crippen LogP contribution in [0.15, 0.2) is 0 Å². The number of hydrogen-bond donors (Lipinski definition) is 2. The van der Waals surface area contributed by atoms with Gasteiger partial charge in [-0.15, -0.1) is 0 Å². The average molecular weight is 225 g/mol. The molecule has 0 aliphatic heterocycles. The normalized spacial score (nSPS) is 33.1. The molecule has 2 N–H and O–H groups in total. The zero-order valence-corrected chi connectivity index (χ0v) is 10.2. The highest BCUT2D eigenvalue weighted by molar-refractivity contribution is 5.80. The van der Waals surface area contributed by atoms with E-state index in [0.717, 1.165) is 25.7 Å². The van der Waals surface area contributed by atoms with E-state index in [0.29, 0.717) is 12.0 Å². The van der Waals surface area contributed by atoms with Crippen LogP contribution in [0.3, 0.4) is 0 Å². The zero-order chi connectivity index (χ0) is 11.6. The van der Waals surface area contributed by atoms with Gasteiger partial charge in [0.2, 0.25) is 0 Å². The molecule has 0 aromatic carbocycles. The van der Waals surface area contributed by atoms with Gasteiger partial charge in [0.15, 0.2) is 0 Å². The Bertz CT molecular complexity index is 261. The van der Waals surface area contributed by atoms with Crippen molar-refractivity contribution in [3.63, 3.8) is 0 Å². The predicted molar refractivity (Wildman–Crippen MR) is 63.4 cm³/mol. The lowest BCUT2D eigenvalue weighted by Crippen LogP contribution is -2.62. The Morgan fingerprint density at radius 3 is 2.50 bits per heavy atom. The third-order valence-electron chi connectivity index (χ3n) is 4.51. The van der Waals surface area contributed by atoms with Gasteiger partial charge in [0.25, 0.3) is 0 Å². The van der Waals surface area contributed by atoms with Gasteiger partial charge in [0, 0.05) is 6.04 Å². The number of carboxylic acids is 1. The van der Waals surface area contributed by atoms with Gasteiger partial charge >= 0.3 is 5.97 Å². The average Bonchev–Trinajstić information content (AvgIpc) is 2.23. The van der Waals surface area contributed by atoms with E-state index in [-0.39, 0.29) is 0 Å². The van der Waals surface area contributed by atoms with Crippen molar-refractivity contribution in [1.29, 1.82) is 0 Å². The van der Waals surface area contributed by atoms with Gasteiger partial charge in [0.05, 0.1) is 0 Å². The van der Waals surface area contributed by atoms with Crippen LogP contribution >= 0.6 is 0 Å². The maximum Gasteiger partial charge on any atom is 0.323 e. The second-order valence-electron chi connectivity index (χ2n) is 5.44. The highest BCUT2D eigenvalue weighted by atomic mass is 16.4. The highest BCUT2D eigenvalue weighted by Crippen LogP contribution is 2.36. The number of carboxylic acid groups (broad SMARTS) is 1. The van der Waals surface area contributed by atoms with E-state index in [1.807, 2.05) is 0 Å². The third-order valence-corrected chi connectivity index (χ3v) is 4.51. The molecule has 3 heteroatoms. The van der Waals surface area contributed by atoms with Crippen LogP contribution in [0.25, 0.3) is 0 Å². The van der Waals surface area contributed by atoms with E-state index in [2.05, 4.69) is 12.2 Å². The number of rotatable bonds is 4. The molecule has 2 fully saturated rings. The van der Waals surface area contributed by atoms with E-state index in [9.17, 15) is 9.90 Å². The zero-order valence-electron chi connectivity index (χ0n) is 10.2. The Morgan fingerprint density at radius 2 is 2.00 bits per heavy atom. The monoisotopic (exact) mass is 225 g/mol. The van der Waals surface area contributed by atoms with Crippen molar-refractivity contribution >= 4 is 5.97 Å². The second-order valence-corrected chi connectivity index (χ2v) is 5.44.